The maximum atomic E-state index is 6.04. The van der Waals surface area contributed by atoms with Crippen LogP contribution in [-0.4, -0.2) is 17.0 Å². The number of halogens is 1. The normalized spacial score (nSPS) is 10.8. The van der Waals surface area contributed by atoms with E-state index in [4.69, 9.17) is 5.73 Å². The lowest BCUT2D eigenvalue weighted by Gasteiger charge is -2.07. The van der Waals surface area contributed by atoms with E-state index in [0.29, 0.717) is 5.95 Å². The Balaban J connectivity index is 2.34. The number of hydrogen-bond acceptors (Lipinski definition) is 5. The molecule has 0 unspecified atom stereocenters. The van der Waals surface area contributed by atoms with Crippen LogP contribution in [0.25, 0.3) is 21.5 Å². The molecule has 19 heavy (non-hydrogen) atoms. The summed E-state index contributed by atoms with van der Waals surface area (Å²) in [7, 11) is 1.81. The number of nitrogens with one attached hydrogen (secondary N) is 1. The van der Waals surface area contributed by atoms with Crippen molar-refractivity contribution in [3.05, 3.63) is 34.1 Å². The lowest BCUT2D eigenvalue weighted by Crippen LogP contribution is -1.98. The van der Waals surface area contributed by atoms with Gasteiger partial charge in [-0.2, -0.15) is 0 Å². The number of rotatable bonds is 2. The summed E-state index contributed by atoms with van der Waals surface area (Å²) in [4.78, 5) is 9.87. The molecule has 3 rings (SSSR count). The Morgan fingerprint density at radius 1 is 1.32 bits per heavy atom. The van der Waals surface area contributed by atoms with Gasteiger partial charge >= 0.3 is 0 Å². The second kappa shape index (κ2) is 4.79. The van der Waals surface area contributed by atoms with E-state index in [0.717, 1.165) is 31.6 Å². The van der Waals surface area contributed by atoms with E-state index in [1.807, 2.05) is 36.7 Å². The third kappa shape index (κ3) is 2.17. The molecule has 96 valence electrons. The first-order valence-electron chi connectivity index (χ1n) is 5.67. The summed E-state index contributed by atoms with van der Waals surface area (Å²) in [5.74, 6) is 0.601. The fraction of sp³-hybridized carbons (Fsp3) is 0.0769. The van der Waals surface area contributed by atoms with Gasteiger partial charge < -0.3 is 11.1 Å². The summed E-state index contributed by atoms with van der Waals surface area (Å²) in [5.41, 5.74) is 8.64. The molecule has 2 heterocycles. The summed E-state index contributed by atoms with van der Waals surface area (Å²) in [6.45, 7) is 0. The average molecular weight is 335 g/mol. The van der Waals surface area contributed by atoms with Crippen LogP contribution in [0.4, 0.5) is 11.6 Å². The number of thiophene rings is 1. The fourth-order valence-electron chi connectivity index (χ4n) is 1.92. The molecule has 0 bridgehead atoms. The molecule has 0 saturated carbocycles. The minimum atomic E-state index is 0.601. The van der Waals surface area contributed by atoms with Crippen LogP contribution in [0.2, 0.25) is 0 Å². The van der Waals surface area contributed by atoms with Crippen molar-refractivity contribution in [2.75, 3.05) is 18.1 Å². The number of benzene rings is 1. The van der Waals surface area contributed by atoms with Gasteiger partial charge in [0.05, 0.1) is 16.8 Å². The lowest BCUT2D eigenvalue weighted by molar-refractivity contribution is 1.21. The second-order valence-corrected chi connectivity index (χ2v) is 5.80. The molecule has 0 radical (unpaired) electrons. The van der Waals surface area contributed by atoms with E-state index >= 15 is 0 Å². The van der Waals surface area contributed by atoms with Gasteiger partial charge in [-0.05, 0) is 12.1 Å². The smallest absolute Gasteiger partial charge is 0.224 e. The SMILES string of the molecule is CNc1nc(-c2cccc(Br)c2)c2c(N)csc2n1. The molecule has 0 aliphatic heterocycles. The average Bonchev–Trinajstić information content (AvgIpc) is 2.79. The van der Waals surface area contributed by atoms with Crippen molar-refractivity contribution in [2.45, 2.75) is 0 Å². The second-order valence-electron chi connectivity index (χ2n) is 4.03. The van der Waals surface area contributed by atoms with Crippen molar-refractivity contribution < 1.29 is 0 Å². The highest BCUT2D eigenvalue weighted by Crippen LogP contribution is 2.35. The van der Waals surface area contributed by atoms with Crippen LogP contribution in [0.5, 0.6) is 0 Å². The van der Waals surface area contributed by atoms with Gasteiger partial charge in [0.1, 0.15) is 4.83 Å². The Hall–Kier alpha value is -1.66. The molecular weight excluding hydrogens is 324 g/mol. The molecule has 6 heteroatoms. The number of aromatic nitrogens is 2. The van der Waals surface area contributed by atoms with Crippen LogP contribution in [0.3, 0.4) is 0 Å². The van der Waals surface area contributed by atoms with E-state index in [2.05, 4.69) is 31.2 Å². The Morgan fingerprint density at radius 3 is 2.89 bits per heavy atom. The molecule has 3 N–H and O–H groups in total. The number of nitrogens with zero attached hydrogens (tertiary/aromatic N) is 2. The minimum absolute atomic E-state index is 0.601. The van der Waals surface area contributed by atoms with Crippen LogP contribution < -0.4 is 11.1 Å². The summed E-state index contributed by atoms with van der Waals surface area (Å²) in [5, 5.41) is 5.81. The number of fused-ring (bicyclic) bond motifs is 1. The van der Waals surface area contributed by atoms with E-state index < -0.39 is 0 Å². The van der Waals surface area contributed by atoms with Crippen molar-refractivity contribution >= 4 is 49.1 Å². The topological polar surface area (TPSA) is 63.8 Å². The highest BCUT2D eigenvalue weighted by molar-refractivity contribution is 9.10. The summed E-state index contributed by atoms with van der Waals surface area (Å²) >= 11 is 5.01. The molecule has 3 aromatic rings. The van der Waals surface area contributed by atoms with Gasteiger partial charge in [0.25, 0.3) is 0 Å². The van der Waals surface area contributed by atoms with Gasteiger partial charge in [0.2, 0.25) is 5.95 Å². The molecule has 0 amide bonds. The third-order valence-corrected chi connectivity index (χ3v) is 4.17. The van der Waals surface area contributed by atoms with Crippen LogP contribution in [-0.2, 0) is 0 Å². The number of anilines is 2. The molecule has 1 aromatic carbocycles. The van der Waals surface area contributed by atoms with Gasteiger partial charge in [-0.15, -0.1) is 11.3 Å². The van der Waals surface area contributed by atoms with Crippen LogP contribution >= 0.6 is 27.3 Å². The quantitative estimate of drug-likeness (QED) is 0.749. The summed E-state index contributed by atoms with van der Waals surface area (Å²) in [6.07, 6.45) is 0. The van der Waals surface area contributed by atoms with Crippen molar-refractivity contribution in [1.82, 2.24) is 9.97 Å². The lowest BCUT2D eigenvalue weighted by atomic mass is 10.1. The first-order valence-corrected chi connectivity index (χ1v) is 7.34. The van der Waals surface area contributed by atoms with Crippen molar-refractivity contribution in [2.24, 2.45) is 0 Å². The van der Waals surface area contributed by atoms with Crippen molar-refractivity contribution in [3.63, 3.8) is 0 Å². The predicted molar refractivity (Wildman–Crippen MR) is 84.5 cm³/mol. The fourth-order valence-corrected chi connectivity index (χ4v) is 3.15. The highest BCUT2D eigenvalue weighted by atomic mass is 79.9. The van der Waals surface area contributed by atoms with E-state index in [-0.39, 0.29) is 0 Å². The van der Waals surface area contributed by atoms with Gasteiger partial charge in [-0.1, -0.05) is 28.1 Å². The van der Waals surface area contributed by atoms with Crippen LogP contribution in [0, 0.1) is 0 Å². The van der Waals surface area contributed by atoms with Gasteiger partial charge in [-0.25, -0.2) is 9.97 Å². The molecule has 0 aliphatic carbocycles. The summed E-state index contributed by atoms with van der Waals surface area (Å²) in [6, 6.07) is 8.01. The molecular formula is C13H11BrN4S. The summed E-state index contributed by atoms with van der Waals surface area (Å²) < 4.78 is 1.01. The highest BCUT2D eigenvalue weighted by Gasteiger charge is 2.13. The molecule has 0 spiro atoms. The van der Waals surface area contributed by atoms with E-state index in [1.54, 1.807) is 0 Å². The Morgan fingerprint density at radius 2 is 2.16 bits per heavy atom. The van der Waals surface area contributed by atoms with Crippen LogP contribution in [0.1, 0.15) is 0 Å². The van der Waals surface area contributed by atoms with Crippen LogP contribution in [0.15, 0.2) is 34.1 Å². The molecule has 2 aromatic heterocycles. The van der Waals surface area contributed by atoms with Gasteiger partial charge in [0.15, 0.2) is 0 Å². The standard InChI is InChI=1S/C13H11BrN4S/c1-16-13-17-11(7-3-2-4-8(14)5-7)10-9(15)6-19-12(10)18-13/h2-6H,15H2,1H3,(H,16,17,18). The first-order chi connectivity index (χ1) is 9.19. The zero-order chi connectivity index (χ0) is 13.4. The Kier molecular flexibility index (Phi) is 3.12. The third-order valence-electron chi connectivity index (χ3n) is 2.78. The zero-order valence-electron chi connectivity index (χ0n) is 10.1. The molecule has 0 atom stereocenters. The number of hydrogen-bond donors (Lipinski definition) is 2. The molecule has 0 aliphatic rings. The molecule has 0 saturated heterocycles. The van der Waals surface area contributed by atoms with E-state index in [1.165, 1.54) is 11.3 Å². The van der Waals surface area contributed by atoms with E-state index in [9.17, 15) is 0 Å². The maximum Gasteiger partial charge on any atom is 0.224 e. The maximum absolute atomic E-state index is 6.04. The number of nitrogens with two attached hydrogens (primary N) is 1. The Bertz CT molecular complexity index is 753. The largest absolute Gasteiger partial charge is 0.397 e. The predicted octanol–water partition coefficient (Wildman–Crippen LogP) is 3.74. The zero-order valence-corrected chi connectivity index (χ0v) is 12.5. The number of nitrogen functional groups attached to an aromatic ring is 1. The molecule has 0 fully saturated rings. The van der Waals surface area contributed by atoms with Gasteiger partial charge in [-0.3, -0.25) is 0 Å². The first kappa shape index (κ1) is 12.4. The monoisotopic (exact) mass is 334 g/mol. The minimum Gasteiger partial charge on any atom is -0.397 e. The van der Waals surface area contributed by atoms with Crippen molar-refractivity contribution in [1.29, 1.82) is 0 Å². The van der Waals surface area contributed by atoms with Gasteiger partial charge in [0, 0.05) is 22.5 Å². The molecule has 4 nitrogen and oxygen atoms in total. The van der Waals surface area contributed by atoms with Crippen molar-refractivity contribution in [3.8, 4) is 11.3 Å². The Labute approximate surface area is 122 Å².